The van der Waals surface area contributed by atoms with Crippen molar-refractivity contribution in [3.8, 4) is 16.9 Å². The summed E-state index contributed by atoms with van der Waals surface area (Å²) in [7, 11) is 0. The Morgan fingerprint density at radius 2 is 1.94 bits per heavy atom. The van der Waals surface area contributed by atoms with Gasteiger partial charge in [-0.25, -0.2) is 4.39 Å². The number of ether oxygens (including phenoxy) is 1. The molecule has 0 saturated carbocycles. The fraction of sp³-hybridized carbons (Fsp3) is 0.250. The zero-order valence-corrected chi connectivity index (χ0v) is 10.7. The van der Waals surface area contributed by atoms with E-state index in [-0.39, 0.29) is 5.82 Å². The summed E-state index contributed by atoms with van der Waals surface area (Å²) in [6, 6.07) is 12.7. The molecule has 0 bridgehead atoms. The fourth-order valence-electron chi connectivity index (χ4n) is 1.83. The van der Waals surface area contributed by atoms with Crippen LogP contribution < -0.4 is 4.74 Å². The number of aryl methyl sites for hydroxylation is 1. The molecular weight excluding hydrogens is 227 g/mol. The largest absolute Gasteiger partial charge is 0.494 e. The van der Waals surface area contributed by atoms with E-state index in [1.807, 2.05) is 37.3 Å². The maximum Gasteiger partial charge on any atom is 0.131 e. The number of rotatable bonds is 4. The van der Waals surface area contributed by atoms with Crippen molar-refractivity contribution < 1.29 is 9.13 Å². The Labute approximate surface area is 107 Å². The Kier molecular flexibility index (Phi) is 3.98. The number of hydrogen-bond donors (Lipinski definition) is 0. The van der Waals surface area contributed by atoms with Crippen molar-refractivity contribution in [2.24, 2.45) is 0 Å². The lowest BCUT2D eigenvalue weighted by molar-refractivity contribution is 0.317. The number of halogens is 1. The Bertz CT molecular complexity index is 534. The highest BCUT2D eigenvalue weighted by molar-refractivity contribution is 5.66. The van der Waals surface area contributed by atoms with Gasteiger partial charge in [-0.2, -0.15) is 0 Å². The Hall–Kier alpha value is -1.83. The third-order valence-electron chi connectivity index (χ3n) is 2.74. The summed E-state index contributed by atoms with van der Waals surface area (Å²) in [5.41, 5.74) is 2.52. The predicted molar refractivity (Wildman–Crippen MR) is 72.4 cm³/mol. The number of benzene rings is 2. The molecule has 0 aliphatic carbocycles. The molecule has 0 fully saturated rings. The molecule has 1 nitrogen and oxygen atoms in total. The third kappa shape index (κ3) is 2.89. The van der Waals surface area contributed by atoms with E-state index in [9.17, 15) is 4.39 Å². The third-order valence-corrected chi connectivity index (χ3v) is 2.74. The van der Waals surface area contributed by atoms with Crippen molar-refractivity contribution in [1.82, 2.24) is 0 Å². The Morgan fingerprint density at radius 3 is 2.72 bits per heavy atom. The summed E-state index contributed by atoms with van der Waals surface area (Å²) < 4.78 is 19.4. The number of hydrogen-bond acceptors (Lipinski definition) is 1. The first kappa shape index (κ1) is 12.6. The minimum absolute atomic E-state index is 0.201. The van der Waals surface area contributed by atoms with Crippen LogP contribution in [0.3, 0.4) is 0 Å². The van der Waals surface area contributed by atoms with Crippen LogP contribution in [0.25, 0.3) is 11.1 Å². The predicted octanol–water partition coefficient (Wildman–Crippen LogP) is 4.59. The van der Waals surface area contributed by atoms with Gasteiger partial charge in [-0.05, 0) is 43.2 Å². The molecule has 18 heavy (non-hydrogen) atoms. The zero-order valence-electron chi connectivity index (χ0n) is 10.7. The molecule has 0 radical (unpaired) electrons. The van der Waals surface area contributed by atoms with Gasteiger partial charge in [-0.15, -0.1) is 0 Å². The molecule has 2 aromatic rings. The van der Waals surface area contributed by atoms with Crippen LogP contribution in [-0.4, -0.2) is 6.61 Å². The van der Waals surface area contributed by atoms with Gasteiger partial charge in [-0.3, -0.25) is 0 Å². The molecule has 0 aromatic heterocycles. The second kappa shape index (κ2) is 5.67. The molecule has 0 heterocycles. The molecule has 0 atom stereocenters. The van der Waals surface area contributed by atoms with Gasteiger partial charge in [0.1, 0.15) is 11.6 Å². The van der Waals surface area contributed by atoms with Crippen molar-refractivity contribution >= 4 is 0 Å². The van der Waals surface area contributed by atoms with Crippen LogP contribution in [0.2, 0.25) is 0 Å². The zero-order chi connectivity index (χ0) is 13.0. The molecule has 0 aliphatic heterocycles. The van der Waals surface area contributed by atoms with E-state index >= 15 is 0 Å². The molecular formula is C16H17FO. The topological polar surface area (TPSA) is 9.23 Å². The molecule has 94 valence electrons. The first-order valence-corrected chi connectivity index (χ1v) is 6.20. The second-order valence-electron chi connectivity index (χ2n) is 4.36. The highest BCUT2D eigenvalue weighted by atomic mass is 19.1. The Balaban J connectivity index is 2.35. The smallest absolute Gasteiger partial charge is 0.131 e. The van der Waals surface area contributed by atoms with Crippen LogP contribution in [0.5, 0.6) is 5.75 Å². The summed E-state index contributed by atoms with van der Waals surface area (Å²) >= 11 is 0. The van der Waals surface area contributed by atoms with E-state index in [1.165, 1.54) is 6.07 Å². The maximum absolute atomic E-state index is 13.8. The summed E-state index contributed by atoms with van der Waals surface area (Å²) in [6.07, 6.45) is 0.961. The molecule has 0 saturated heterocycles. The molecule has 0 spiro atoms. The maximum atomic E-state index is 13.8. The van der Waals surface area contributed by atoms with Gasteiger partial charge in [0.05, 0.1) is 6.61 Å². The lowest BCUT2D eigenvalue weighted by atomic mass is 10.0. The summed E-state index contributed by atoms with van der Waals surface area (Å²) in [6.45, 7) is 4.70. The molecule has 0 amide bonds. The van der Waals surface area contributed by atoms with Gasteiger partial charge in [0.15, 0.2) is 0 Å². The normalized spacial score (nSPS) is 10.4. The summed E-state index contributed by atoms with van der Waals surface area (Å²) in [5.74, 6) is 0.587. The fourth-order valence-corrected chi connectivity index (χ4v) is 1.83. The van der Waals surface area contributed by atoms with Crippen LogP contribution in [0, 0.1) is 12.7 Å². The van der Waals surface area contributed by atoms with Crippen molar-refractivity contribution in [3.63, 3.8) is 0 Å². The lowest BCUT2D eigenvalue weighted by Gasteiger charge is -2.08. The van der Waals surface area contributed by atoms with Gasteiger partial charge in [0.25, 0.3) is 0 Å². The molecule has 0 N–H and O–H groups in total. The monoisotopic (exact) mass is 244 g/mol. The molecule has 0 unspecified atom stereocenters. The van der Waals surface area contributed by atoms with E-state index in [4.69, 9.17) is 4.74 Å². The average Bonchev–Trinajstić information content (AvgIpc) is 2.39. The minimum Gasteiger partial charge on any atom is -0.494 e. The minimum atomic E-state index is -0.201. The van der Waals surface area contributed by atoms with Crippen molar-refractivity contribution in [3.05, 3.63) is 53.8 Å². The van der Waals surface area contributed by atoms with Crippen molar-refractivity contribution in [2.75, 3.05) is 6.61 Å². The standard InChI is InChI=1S/C16H17FO/c1-3-9-18-14-6-4-5-13(11-14)15-10-12(2)7-8-16(15)17/h4-8,10-11H,3,9H2,1-2H3. The van der Waals surface area contributed by atoms with E-state index in [2.05, 4.69) is 6.92 Å². The van der Waals surface area contributed by atoms with Gasteiger partial charge >= 0.3 is 0 Å². The summed E-state index contributed by atoms with van der Waals surface area (Å²) in [4.78, 5) is 0. The highest BCUT2D eigenvalue weighted by Gasteiger charge is 2.06. The van der Waals surface area contributed by atoms with Gasteiger partial charge < -0.3 is 4.74 Å². The van der Waals surface area contributed by atoms with Crippen LogP contribution in [-0.2, 0) is 0 Å². The van der Waals surface area contributed by atoms with Gasteiger partial charge in [0.2, 0.25) is 0 Å². The second-order valence-corrected chi connectivity index (χ2v) is 4.36. The van der Waals surface area contributed by atoms with E-state index in [0.717, 1.165) is 23.3 Å². The van der Waals surface area contributed by atoms with Gasteiger partial charge in [0, 0.05) is 5.56 Å². The molecule has 2 rings (SSSR count). The van der Waals surface area contributed by atoms with Crippen molar-refractivity contribution in [2.45, 2.75) is 20.3 Å². The van der Waals surface area contributed by atoms with Crippen LogP contribution in [0.4, 0.5) is 4.39 Å². The SMILES string of the molecule is CCCOc1cccc(-c2cc(C)ccc2F)c1. The van der Waals surface area contributed by atoms with Crippen LogP contribution in [0.15, 0.2) is 42.5 Å². The highest BCUT2D eigenvalue weighted by Crippen LogP contribution is 2.27. The summed E-state index contributed by atoms with van der Waals surface area (Å²) in [5, 5.41) is 0. The van der Waals surface area contributed by atoms with Crippen molar-refractivity contribution in [1.29, 1.82) is 0 Å². The van der Waals surface area contributed by atoms with Crippen LogP contribution >= 0.6 is 0 Å². The molecule has 2 aromatic carbocycles. The Morgan fingerprint density at radius 1 is 1.11 bits per heavy atom. The van der Waals surface area contributed by atoms with E-state index in [0.29, 0.717) is 12.2 Å². The van der Waals surface area contributed by atoms with E-state index in [1.54, 1.807) is 6.07 Å². The van der Waals surface area contributed by atoms with E-state index < -0.39 is 0 Å². The average molecular weight is 244 g/mol. The van der Waals surface area contributed by atoms with Crippen LogP contribution in [0.1, 0.15) is 18.9 Å². The lowest BCUT2D eigenvalue weighted by Crippen LogP contribution is -1.95. The molecule has 0 aliphatic rings. The first-order valence-electron chi connectivity index (χ1n) is 6.20. The first-order chi connectivity index (χ1) is 8.70. The van der Waals surface area contributed by atoms with Gasteiger partial charge in [-0.1, -0.05) is 30.7 Å². The molecule has 2 heteroatoms. The quantitative estimate of drug-likeness (QED) is 0.764.